The van der Waals surface area contributed by atoms with E-state index in [0.29, 0.717) is 12.7 Å². The molecule has 2 atom stereocenters. The molecule has 17 heavy (non-hydrogen) atoms. The van der Waals surface area contributed by atoms with Crippen LogP contribution in [0.15, 0.2) is 12.4 Å². The molecule has 1 aliphatic heterocycles. The molecule has 96 valence electrons. The van der Waals surface area contributed by atoms with E-state index in [1.54, 1.807) is 7.11 Å². The van der Waals surface area contributed by atoms with E-state index in [1.807, 2.05) is 12.4 Å². The molecule has 0 bridgehead atoms. The van der Waals surface area contributed by atoms with E-state index in [2.05, 4.69) is 21.8 Å². The van der Waals surface area contributed by atoms with Gasteiger partial charge in [-0.25, -0.2) is 4.98 Å². The second-order valence-electron chi connectivity index (χ2n) is 4.48. The topological polar surface area (TPSA) is 48.3 Å². The normalized spacial score (nSPS) is 21.6. The Labute approximate surface area is 102 Å². The number of rotatable bonds is 6. The molecular formula is C12H21N3O2. The lowest BCUT2D eigenvalue weighted by atomic mass is 10.2. The van der Waals surface area contributed by atoms with Crippen molar-refractivity contribution >= 4 is 5.95 Å². The van der Waals surface area contributed by atoms with Crippen LogP contribution in [-0.4, -0.2) is 42.5 Å². The number of ether oxygens (including phenoxy) is 2. The highest BCUT2D eigenvalue weighted by Gasteiger charge is 2.16. The zero-order valence-corrected chi connectivity index (χ0v) is 10.6. The van der Waals surface area contributed by atoms with Crippen LogP contribution < -0.4 is 5.32 Å². The van der Waals surface area contributed by atoms with E-state index in [4.69, 9.17) is 9.47 Å². The molecule has 2 rings (SSSR count). The molecule has 5 heteroatoms. The van der Waals surface area contributed by atoms with Gasteiger partial charge in [-0.05, 0) is 19.8 Å². The third kappa shape index (κ3) is 3.20. The first kappa shape index (κ1) is 12.4. The van der Waals surface area contributed by atoms with Gasteiger partial charge in [0.1, 0.15) is 0 Å². The molecule has 0 amide bonds. The van der Waals surface area contributed by atoms with E-state index in [9.17, 15) is 0 Å². The van der Waals surface area contributed by atoms with Crippen LogP contribution in [0, 0.1) is 0 Å². The van der Waals surface area contributed by atoms with E-state index < -0.39 is 0 Å². The van der Waals surface area contributed by atoms with Crippen LogP contribution >= 0.6 is 0 Å². The quantitative estimate of drug-likeness (QED) is 0.820. The van der Waals surface area contributed by atoms with Gasteiger partial charge in [0.25, 0.3) is 0 Å². The molecule has 1 aromatic heterocycles. The number of imidazole rings is 1. The molecule has 1 N–H and O–H groups in total. The van der Waals surface area contributed by atoms with E-state index >= 15 is 0 Å². The highest BCUT2D eigenvalue weighted by atomic mass is 16.5. The minimum absolute atomic E-state index is 0.287. The molecular weight excluding hydrogens is 218 g/mol. The second kappa shape index (κ2) is 6.02. The predicted molar refractivity (Wildman–Crippen MR) is 66.3 cm³/mol. The summed E-state index contributed by atoms with van der Waals surface area (Å²) in [6.45, 7) is 4.52. The number of nitrogens with one attached hydrogen (secondary N) is 1. The predicted octanol–water partition coefficient (Wildman–Crippen LogP) is 1.68. The zero-order valence-electron chi connectivity index (χ0n) is 10.6. The molecule has 0 saturated carbocycles. The van der Waals surface area contributed by atoms with Crippen molar-refractivity contribution in [3.8, 4) is 0 Å². The molecule has 1 aromatic rings. The fourth-order valence-electron chi connectivity index (χ4n) is 2.14. The minimum Gasteiger partial charge on any atom is -0.383 e. The van der Waals surface area contributed by atoms with Gasteiger partial charge in [-0.1, -0.05) is 0 Å². The SMILES string of the molecule is COCC(C)n1ccnc1NCC1CCCO1. The average molecular weight is 239 g/mol. The Morgan fingerprint density at radius 2 is 2.59 bits per heavy atom. The Balaban J connectivity index is 1.89. The molecule has 2 unspecified atom stereocenters. The molecule has 0 aliphatic carbocycles. The summed E-state index contributed by atoms with van der Waals surface area (Å²) in [5.74, 6) is 0.894. The summed E-state index contributed by atoms with van der Waals surface area (Å²) >= 11 is 0. The summed E-state index contributed by atoms with van der Waals surface area (Å²) in [7, 11) is 1.72. The summed E-state index contributed by atoms with van der Waals surface area (Å²) in [4.78, 5) is 4.32. The van der Waals surface area contributed by atoms with Crippen molar-refractivity contribution in [2.75, 3.05) is 32.2 Å². The Bertz CT molecular complexity index is 334. The summed E-state index contributed by atoms with van der Waals surface area (Å²) < 4.78 is 12.8. The van der Waals surface area contributed by atoms with Gasteiger partial charge < -0.3 is 19.4 Å². The third-order valence-corrected chi connectivity index (χ3v) is 3.06. The first-order chi connectivity index (χ1) is 8.31. The number of hydrogen-bond acceptors (Lipinski definition) is 4. The maximum absolute atomic E-state index is 5.57. The molecule has 5 nitrogen and oxygen atoms in total. The van der Waals surface area contributed by atoms with Gasteiger partial charge in [0, 0.05) is 32.7 Å². The summed E-state index contributed by atoms with van der Waals surface area (Å²) in [6.07, 6.45) is 6.42. The second-order valence-corrected chi connectivity index (χ2v) is 4.48. The number of aromatic nitrogens is 2. The standard InChI is InChI=1S/C12H21N3O2/c1-10(9-16-2)15-6-5-13-12(15)14-8-11-4-3-7-17-11/h5-6,10-11H,3-4,7-9H2,1-2H3,(H,13,14). The van der Waals surface area contributed by atoms with Crippen molar-refractivity contribution in [2.45, 2.75) is 31.9 Å². The number of nitrogens with zero attached hydrogens (tertiary/aromatic N) is 2. The van der Waals surface area contributed by atoms with Gasteiger partial charge >= 0.3 is 0 Å². The number of anilines is 1. The highest BCUT2D eigenvalue weighted by molar-refractivity contribution is 5.26. The molecule has 1 saturated heterocycles. The van der Waals surface area contributed by atoms with Gasteiger partial charge in [-0.2, -0.15) is 0 Å². The molecule has 2 heterocycles. The Morgan fingerprint density at radius 3 is 3.29 bits per heavy atom. The van der Waals surface area contributed by atoms with Gasteiger partial charge in [0.05, 0.1) is 18.8 Å². The van der Waals surface area contributed by atoms with Gasteiger partial charge in [-0.3, -0.25) is 0 Å². The fourth-order valence-corrected chi connectivity index (χ4v) is 2.14. The smallest absolute Gasteiger partial charge is 0.203 e. The third-order valence-electron chi connectivity index (χ3n) is 3.06. The van der Waals surface area contributed by atoms with Crippen LogP contribution in [0.5, 0.6) is 0 Å². The number of hydrogen-bond donors (Lipinski definition) is 1. The summed E-state index contributed by atoms with van der Waals surface area (Å²) in [5, 5.41) is 3.35. The van der Waals surface area contributed by atoms with Gasteiger partial charge in [0.15, 0.2) is 0 Å². The first-order valence-electron chi connectivity index (χ1n) is 6.18. The van der Waals surface area contributed by atoms with Crippen molar-refractivity contribution in [3.05, 3.63) is 12.4 Å². The van der Waals surface area contributed by atoms with E-state index in [1.165, 1.54) is 6.42 Å². The van der Waals surface area contributed by atoms with Crippen molar-refractivity contribution < 1.29 is 9.47 Å². The van der Waals surface area contributed by atoms with Crippen LogP contribution in [0.25, 0.3) is 0 Å². The molecule has 0 spiro atoms. The summed E-state index contributed by atoms with van der Waals surface area (Å²) in [6, 6.07) is 0.287. The maximum atomic E-state index is 5.57. The lowest BCUT2D eigenvalue weighted by molar-refractivity contribution is 0.120. The lowest BCUT2D eigenvalue weighted by Gasteiger charge is -2.17. The zero-order chi connectivity index (χ0) is 12.1. The van der Waals surface area contributed by atoms with Crippen molar-refractivity contribution in [1.29, 1.82) is 0 Å². The Morgan fingerprint density at radius 1 is 1.71 bits per heavy atom. The molecule has 0 aromatic carbocycles. The maximum Gasteiger partial charge on any atom is 0.203 e. The summed E-state index contributed by atoms with van der Waals surface area (Å²) in [5.41, 5.74) is 0. The van der Waals surface area contributed by atoms with Crippen LogP contribution in [0.3, 0.4) is 0 Å². The minimum atomic E-state index is 0.287. The van der Waals surface area contributed by atoms with Crippen LogP contribution in [0.4, 0.5) is 5.95 Å². The lowest BCUT2D eigenvalue weighted by Crippen LogP contribution is -2.22. The Kier molecular flexibility index (Phi) is 4.39. The first-order valence-corrected chi connectivity index (χ1v) is 6.18. The highest BCUT2D eigenvalue weighted by Crippen LogP contribution is 2.16. The van der Waals surface area contributed by atoms with Gasteiger partial charge in [-0.15, -0.1) is 0 Å². The van der Waals surface area contributed by atoms with Crippen molar-refractivity contribution in [2.24, 2.45) is 0 Å². The monoisotopic (exact) mass is 239 g/mol. The van der Waals surface area contributed by atoms with Crippen LogP contribution in [0.2, 0.25) is 0 Å². The largest absolute Gasteiger partial charge is 0.383 e. The fraction of sp³-hybridized carbons (Fsp3) is 0.750. The van der Waals surface area contributed by atoms with Crippen LogP contribution in [-0.2, 0) is 9.47 Å². The van der Waals surface area contributed by atoms with Gasteiger partial charge in [0.2, 0.25) is 5.95 Å². The van der Waals surface area contributed by atoms with Crippen molar-refractivity contribution in [3.63, 3.8) is 0 Å². The van der Waals surface area contributed by atoms with E-state index in [0.717, 1.165) is 25.5 Å². The molecule has 1 aliphatic rings. The average Bonchev–Trinajstić information content (AvgIpc) is 2.98. The Hall–Kier alpha value is -1.07. The van der Waals surface area contributed by atoms with Crippen LogP contribution in [0.1, 0.15) is 25.8 Å². The molecule has 1 fully saturated rings. The van der Waals surface area contributed by atoms with Crippen molar-refractivity contribution in [1.82, 2.24) is 9.55 Å². The number of methoxy groups -OCH3 is 1. The van der Waals surface area contributed by atoms with E-state index in [-0.39, 0.29) is 6.04 Å². The molecule has 0 radical (unpaired) electrons.